The zero-order chi connectivity index (χ0) is 8.43. The fraction of sp³-hybridized carbons (Fsp3) is 0.400. The molecule has 0 fully saturated rings. The normalized spacial score (nSPS) is 10.5. The molecule has 0 aliphatic heterocycles. The first-order valence-electron chi connectivity index (χ1n) is 2.84. The Labute approximate surface area is 61.6 Å². The first-order valence-corrected chi connectivity index (χ1v) is 2.84. The average Bonchev–Trinajstić information content (AvgIpc) is 2.09. The molecule has 0 aliphatic carbocycles. The second kappa shape index (κ2) is 2.73. The van der Waals surface area contributed by atoms with Gasteiger partial charge in [-0.05, 0) is 0 Å². The van der Waals surface area contributed by atoms with E-state index >= 15 is 0 Å². The maximum absolute atomic E-state index is 11.6. The molecule has 6 heteroatoms. The van der Waals surface area contributed by atoms with Crippen LogP contribution in [0.4, 0.5) is 14.6 Å². The van der Waals surface area contributed by atoms with Crippen LogP contribution in [-0.4, -0.2) is 16.4 Å². The quantitative estimate of drug-likeness (QED) is 0.694. The fourth-order valence-electron chi connectivity index (χ4n) is 0.673. The monoisotopic (exact) mass is 163 g/mol. The predicted octanol–water partition coefficient (Wildman–Crippen LogP) is 0.604. The third-order valence-corrected chi connectivity index (χ3v) is 1.07. The van der Waals surface area contributed by atoms with Gasteiger partial charge in [-0.1, -0.05) is 0 Å². The van der Waals surface area contributed by atoms with Crippen LogP contribution in [0.3, 0.4) is 0 Å². The Kier molecular flexibility index (Phi) is 1.93. The van der Waals surface area contributed by atoms with E-state index in [0.29, 0.717) is 0 Å². The molecule has 2 N–H and O–H groups in total. The molecule has 0 unspecified atom stereocenters. The number of alkyl halides is 2. The molecule has 0 bridgehead atoms. The van der Waals surface area contributed by atoms with Gasteiger partial charge in [0.2, 0.25) is 5.88 Å². The summed E-state index contributed by atoms with van der Waals surface area (Å²) >= 11 is 0. The van der Waals surface area contributed by atoms with Gasteiger partial charge < -0.3 is 10.5 Å². The molecule has 0 aliphatic rings. The number of hydrogen-bond acceptors (Lipinski definition) is 3. The average molecular weight is 163 g/mol. The van der Waals surface area contributed by atoms with Crippen LogP contribution in [-0.2, 0) is 7.05 Å². The van der Waals surface area contributed by atoms with Crippen LogP contribution in [0, 0.1) is 0 Å². The van der Waals surface area contributed by atoms with Crippen molar-refractivity contribution in [3.63, 3.8) is 0 Å². The molecule has 11 heavy (non-hydrogen) atoms. The van der Waals surface area contributed by atoms with Crippen LogP contribution in [0.15, 0.2) is 6.07 Å². The topological polar surface area (TPSA) is 53.1 Å². The molecule has 4 nitrogen and oxygen atoms in total. The summed E-state index contributed by atoms with van der Waals surface area (Å²) in [6, 6.07) is 1.23. The van der Waals surface area contributed by atoms with Crippen molar-refractivity contribution in [3.8, 4) is 5.88 Å². The van der Waals surface area contributed by atoms with E-state index in [2.05, 4.69) is 9.84 Å². The Morgan fingerprint density at radius 3 is 2.73 bits per heavy atom. The summed E-state index contributed by atoms with van der Waals surface area (Å²) in [4.78, 5) is 0. The van der Waals surface area contributed by atoms with Crippen molar-refractivity contribution in [2.24, 2.45) is 7.05 Å². The third kappa shape index (κ3) is 1.79. The Hall–Kier alpha value is -1.33. The molecule has 0 amide bonds. The minimum Gasteiger partial charge on any atom is -0.417 e. The zero-order valence-electron chi connectivity index (χ0n) is 5.79. The van der Waals surface area contributed by atoms with Crippen LogP contribution in [0.1, 0.15) is 0 Å². The van der Waals surface area contributed by atoms with Crippen LogP contribution in [0.2, 0.25) is 0 Å². The number of nitrogens with two attached hydrogens (primary N) is 1. The lowest BCUT2D eigenvalue weighted by atomic mass is 10.6. The number of halogens is 2. The number of ether oxygens (including phenoxy) is 1. The number of rotatable bonds is 2. The number of nitrogen functional groups attached to an aromatic ring is 1. The number of aryl methyl sites for hydroxylation is 1. The molecule has 1 heterocycles. The highest BCUT2D eigenvalue weighted by Gasteiger charge is 2.08. The summed E-state index contributed by atoms with van der Waals surface area (Å²) in [5, 5.41) is 3.60. The molecule has 0 atom stereocenters. The second-order valence-corrected chi connectivity index (χ2v) is 1.91. The van der Waals surface area contributed by atoms with E-state index in [1.165, 1.54) is 13.1 Å². The molecular weight excluding hydrogens is 156 g/mol. The summed E-state index contributed by atoms with van der Waals surface area (Å²) < 4.78 is 28.4. The van der Waals surface area contributed by atoms with Crippen molar-refractivity contribution < 1.29 is 13.5 Å². The second-order valence-electron chi connectivity index (χ2n) is 1.91. The van der Waals surface area contributed by atoms with Crippen LogP contribution >= 0.6 is 0 Å². The number of anilines is 1. The van der Waals surface area contributed by atoms with Gasteiger partial charge in [0.05, 0.1) is 0 Å². The Balaban J connectivity index is 2.77. The maximum atomic E-state index is 11.6. The highest BCUT2D eigenvalue weighted by Crippen LogP contribution is 2.15. The molecule has 1 aromatic rings. The smallest absolute Gasteiger partial charge is 0.388 e. The van der Waals surface area contributed by atoms with Crippen molar-refractivity contribution >= 4 is 5.82 Å². The SMILES string of the molecule is Cn1nc(N)cc1OC(F)F. The Bertz CT molecular complexity index is 248. The van der Waals surface area contributed by atoms with E-state index in [1.54, 1.807) is 0 Å². The lowest BCUT2D eigenvalue weighted by molar-refractivity contribution is -0.0553. The minimum atomic E-state index is -2.84. The van der Waals surface area contributed by atoms with E-state index < -0.39 is 6.61 Å². The lowest BCUT2D eigenvalue weighted by Crippen LogP contribution is -2.05. The molecule has 0 saturated heterocycles. The van der Waals surface area contributed by atoms with Crippen molar-refractivity contribution in [2.75, 3.05) is 5.73 Å². The minimum absolute atomic E-state index is 0.0440. The number of nitrogens with zero attached hydrogens (tertiary/aromatic N) is 2. The summed E-state index contributed by atoms with van der Waals surface area (Å²) in [7, 11) is 1.47. The van der Waals surface area contributed by atoms with Crippen LogP contribution < -0.4 is 10.5 Å². The fourth-order valence-corrected chi connectivity index (χ4v) is 0.673. The lowest BCUT2D eigenvalue weighted by Gasteiger charge is -2.01. The van der Waals surface area contributed by atoms with Crippen molar-refractivity contribution in [3.05, 3.63) is 6.07 Å². The van der Waals surface area contributed by atoms with Gasteiger partial charge in [-0.15, -0.1) is 0 Å². The molecule has 0 saturated carbocycles. The molecule has 0 spiro atoms. The Morgan fingerprint density at radius 1 is 1.73 bits per heavy atom. The molecule has 0 aromatic carbocycles. The van der Waals surface area contributed by atoms with Crippen molar-refractivity contribution in [1.29, 1.82) is 0 Å². The molecular formula is C5H7F2N3O. The van der Waals surface area contributed by atoms with Gasteiger partial charge >= 0.3 is 6.61 Å². The highest BCUT2D eigenvalue weighted by molar-refractivity contribution is 5.32. The summed E-state index contributed by atoms with van der Waals surface area (Å²) in [6.45, 7) is -2.84. The summed E-state index contributed by atoms with van der Waals surface area (Å²) in [6.07, 6.45) is 0. The molecule has 1 rings (SSSR count). The Morgan fingerprint density at radius 2 is 2.36 bits per heavy atom. The predicted molar refractivity (Wildman–Crippen MR) is 34.3 cm³/mol. The van der Waals surface area contributed by atoms with Gasteiger partial charge in [-0.2, -0.15) is 13.9 Å². The highest BCUT2D eigenvalue weighted by atomic mass is 19.3. The first kappa shape index (κ1) is 7.77. The maximum Gasteiger partial charge on any atom is 0.388 e. The van der Waals surface area contributed by atoms with Gasteiger partial charge in [0.1, 0.15) is 5.82 Å². The van der Waals surface area contributed by atoms with E-state index in [4.69, 9.17) is 5.73 Å². The molecule has 1 aromatic heterocycles. The van der Waals surface area contributed by atoms with E-state index in [0.717, 1.165) is 4.68 Å². The molecule has 62 valence electrons. The molecule has 0 radical (unpaired) electrons. The van der Waals surface area contributed by atoms with E-state index in [-0.39, 0.29) is 11.7 Å². The first-order chi connectivity index (χ1) is 5.09. The van der Waals surface area contributed by atoms with Crippen LogP contribution in [0.5, 0.6) is 5.88 Å². The summed E-state index contributed by atoms with van der Waals surface area (Å²) in [5.74, 6) is 0.112. The van der Waals surface area contributed by atoms with E-state index in [1.807, 2.05) is 0 Å². The van der Waals surface area contributed by atoms with Crippen LogP contribution in [0.25, 0.3) is 0 Å². The van der Waals surface area contributed by atoms with Crippen molar-refractivity contribution in [2.45, 2.75) is 6.61 Å². The third-order valence-electron chi connectivity index (χ3n) is 1.07. The zero-order valence-corrected chi connectivity index (χ0v) is 5.79. The largest absolute Gasteiger partial charge is 0.417 e. The van der Waals surface area contributed by atoms with E-state index in [9.17, 15) is 8.78 Å². The summed E-state index contributed by atoms with van der Waals surface area (Å²) in [5.41, 5.74) is 5.20. The van der Waals surface area contributed by atoms with Gasteiger partial charge in [-0.3, -0.25) is 0 Å². The standard InChI is InChI=1S/C5H7F2N3O/c1-10-4(11-5(6)7)2-3(8)9-10/h2,5H,1H3,(H2,8,9). The van der Waals surface area contributed by atoms with Gasteiger partial charge in [0.15, 0.2) is 0 Å². The number of aromatic nitrogens is 2. The van der Waals surface area contributed by atoms with Gasteiger partial charge in [0, 0.05) is 13.1 Å². The number of hydrogen-bond donors (Lipinski definition) is 1. The van der Waals surface area contributed by atoms with Gasteiger partial charge in [0.25, 0.3) is 0 Å². The van der Waals surface area contributed by atoms with Crippen molar-refractivity contribution in [1.82, 2.24) is 9.78 Å². The van der Waals surface area contributed by atoms with Gasteiger partial charge in [-0.25, -0.2) is 4.68 Å².